The van der Waals surface area contributed by atoms with Gasteiger partial charge in [-0.05, 0) is 30.2 Å². The van der Waals surface area contributed by atoms with E-state index in [0.29, 0.717) is 5.69 Å². The van der Waals surface area contributed by atoms with Crippen molar-refractivity contribution < 1.29 is 14.3 Å². The van der Waals surface area contributed by atoms with Gasteiger partial charge >= 0.3 is 5.97 Å². The SMILES string of the molecule is Cc1ccccc1CC(=O)OCC(=O)Nc1ccccc1SCC#N. The molecule has 5 nitrogen and oxygen atoms in total. The lowest BCUT2D eigenvalue weighted by Crippen LogP contribution is -2.22. The van der Waals surface area contributed by atoms with Crippen LogP contribution in [0.2, 0.25) is 0 Å². The summed E-state index contributed by atoms with van der Waals surface area (Å²) in [5.41, 5.74) is 2.49. The third-order valence-electron chi connectivity index (χ3n) is 3.41. The number of anilines is 1. The number of amides is 1. The molecule has 1 N–H and O–H groups in total. The van der Waals surface area contributed by atoms with E-state index in [-0.39, 0.29) is 18.8 Å². The minimum atomic E-state index is -0.448. The van der Waals surface area contributed by atoms with Crippen molar-refractivity contribution in [2.45, 2.75) is 18.2 Å². The number of nitrogens with one attached hydrogen (secondary N) is 1. The van der Waals surface area contributed by atoms with Crippen molar-refractivity contribution in [3.8, 4) is 6.07 Å². The lowest BCUT2D eigenvalue weighted by atomic mass is 10.1. The average Bonchev–Trinajstić information content (AvgIpc) is 2.61. The second-order valence-corrected chi connectivity index (χ2v) is 6.27. The average molecular weight is 354 g/mol. The van der Waals surface area contributed by atoms with E-state index in [1.165, 1.54) is 11.8 Å². The molecule has 2 rings (SSSR count). The topological polar surface area (TPSA) is 79.2 Å². The number of ether oxygens (including phenoxy) is 1. The first-order valence-corrected chi connectivity index (χ1v) is 8.67. The molecular weight excluding hydrogens is 336 g/mol. The summed E-state index contributed by atoms with van der Waals surface area (Å²) < 4.78 is 5.05. The van der Waals surface area contributed by atoms with Crippen LogP contribution in [0.15, 0.2) is 53.4 Å². The fraction of sp³-hybridized carbons (Fsp3) is 0.211. The van der Waals surface area contributed by atoms with Crippen molar-refractivity contribution in [2.75, 3.05) is 17.7 Å². The predicted octanol–water partition coefficient (Wildman–Crippen LogP) is 3.34. The van der Waals surface area contributed by atoms with E-state index in [9.17, 15) is 9.59 Å². The highest BCUT2D eigenvalue weighted by Gasteiger charge is 2.11. The number of nitriles is 1. The van der Waals surface area contributed by atoms with Gasteiger partial charge in [-0.25, -0.2) is 0 Å². The number of nitrogens with zero attached hydrogens (tertiary/aromatic N) is 1. The van der Waals surface area contributed by atoms with E-state index in [4.69, 9.17) is 10.00 Å². The van der Waals surface area contributed by atoms with E-state index in [0.717, 1.165) is 16.0 Å². The van der Waals surface area contributed by atoms with Gasteiger partial charge in [-0.15, -0.1) is 11.8 Å². The molecule has 0 saturated heterocycles. The first-order chi connectivity index (χ1) is 12.1. The van der Waals surface area contributed by atoms with Crippen LogP contribution < -0.4 is 5.32 Å². The Morgan fingerprint density at radius 3 is 2.64 bits per heavy atom. The maximum atomic E-state index is 12.0. The second-order valence-electron chi connectivity index (χ2n) is 5.26. The molecule has 0 aliphatic heterocycles. The van der Waals surface area contributed by atoms with E-state index in [1.54, 1.807) is 12.1 Å². The number of benzene rings is 2. The Kier molecular flexibility index (Phi) is 7.05. The number of carbonyl (C=O) groups is 2. The highest BCUT2D eigenvalue weighted by Crippen LogP contribution is 2.26. The van der Waals surface area contributed by atoms with Gasteiger partial charge in [0, 0.05) is 4.90 Å². The lowest BCUT2D eigenvalue weighted by Gasteiger charge is -2.10. The van der Waals surface area contributed by atoms with Gasteiger partial charge < -0.3 is 10.1 Å². The van der Waals surface area contributed by atoms with Gasteiger partial charge in [0.15, 0.2) is 6.61 Å². The van der Waals surface area contributed by atoms with Crippen LogP contribution in [0.25, 0.3) is 0 Å². The van der Waals surface area contributed by atoms with Gasteiger partial charge in [-0.1, -0.05) is 36.4 Å². The summed E-state index contributed by atoms with van der Waals surface area (Å²) in [5.74, 6) is -0.571. The minimum absolute atomic E-state index is 0.133. The number of rotatable bonds is 7. The molecule has 25 heavy (non-hydrogen) atoms. The van der Waals surface area contributed by atoms with Crippen LogP contribution in [0.3, 0.4) is 0 Å². The highest BCUT2D eigenvalue weighted by atomic mass is 32.2. The number of aryl methyl sites for hydroxylation is 1. The summed E-state index contributed by atoms with van der Waals surface area (Å²) in [5, 5.41) is 11.4. The van der Waals surface area contributed by atoms with E-state index in [1.807, 2.05) is 49.4 Å². The van der Waals surface area contributed by atoms with Gasteiger partial charge in [0.05, 0.1) is 23.9 Å². The van der Waals surface area contributed by atoms with Crippen LogP contribution in [0, 0.1) is 18.3 Å². The Morgan fingerprint density at radius 1 is 1.16 bits per heavy atom. The van der Waals surface area contributed by atoms with Gasteiger partial charge in [0.1, 0.15) is 0 Å². The molecule has 0 radical (unpaired) electrons. The van der Waals surface area contributed by atoms with Crippen molar-refractivity contribution in [1.82, 2.24) is 0 Å². The highest BCUT2D eigenvalue weighted by molar-refractivity contribution is 7.99. The Morgan fingerprint density at radius 2 is 1.88 bits per heavy atom. The monoisotopic (exact) mass is 354 g/mol. The molecule has 1 amide bonds. The summed E-state index contributed by atoms with van der Waals surface area (Å²) in [6.45, 7) is 1.58. The largest absolute Gasteiger partial charge is 0.455 e. The second kappa shape index (κ2) is 9.50. The van der Waals surface area contributed by atoms with Crippen LogP contribution in [-0.2, 0) is 20.7 Å². The van der Waals surface area contributed by atoms with Crippen LogP contribution in [0.1, 0.15) is 11.1 Å². The van der Waals surface area contributed by atoms with Crippen LogP contribution in [0.5, 0.6) is 0 Å². The number of carbonyl (C=O) groups excluding carboxylic acids is 2. The molecule has 128 valence electrons. The predicted molar refractivity (Wildman–Crippen MR) is 97.3 cm³/mol. The molecule has 0 aliphatic carbocycles. The zero-order valence-electron chi connectivity index (χ0n) is 13.8. The van der Waals surface area contributed by atoms with Crippen molar-refractivity contribution >= 4 is 29.3 Å². The standard InChI is InChI=1S/C19H18N2O3S/c1-14-6-2-3-7-15(14)12-19(23)24-13-18(22)21-16-8-4-5-9-17(16)25-11-10-20/h2-9H,11-13H2,1H3,(H,21,22). The van der Waals surface area contributed by atoms with Crippen molar-refractivity contribution in [2.24, 2.45) is 0 Å². The number of thioether (sulfide) groups is 1. The minimum Gasteiger partial charge on any atom is -0.455 e. The molecule has 6 heteroatoms. The quantitative estimate of drug-likeness (QED) is 0.609. The zero-order valence-corrected chi connectivity index (χ0v) is 14.6. The van der Waals surface area contributed by atoms with Gasteiger partial charge in [-0.3, -0.25) is 9.59 Å². The Balaban J connectivity index is 1.86. The molecule has 0 fully saturated rings. The number of hydrogen-bond acceptors (Lipinski definition) is 5. The Labute approximate surface area is 151 Å². The van der Waals surface area contributed by atoms with Crippen LogP contribution in [-0.4, -0.2) is 24.2 Å². The molecule has 2 aromatic rings. The molecule has 0 unspecified atom stereocenters. The molecule has 0 saturated carbocycles. The smallest absolute Gasteiger partial charge is 0.310 e. The fourth-order valence-electron chi connectivity index (χ4n) is 2.15. The lowest BCUT2D eigenvalue weighted by molar-refractivity contribution is -0.146. The first kappa shape index (κ1) is 18.6. The van der Waals surface area contributed by atoms with Crippen LogP contribution >= 0.6 is 11.8 Å². The van der Waals surface area contributed by atoms with E-state index < -0.39 is 11.9 Å². The Hall–Kier alpha value is -2.78. The fourth-order valence-corrected chi connectivity index (χ4v) is 2.82. The van der Waals surface area contributed by atoms with Gasteiger partial charge in [0.25, 0.3) is 5.91 Å². The summed E-state index contributed by atoms with van der Waals surface area (Å²) in [4.78, 5) is 24.7. The summed E-state index contributed by atoms with van der Waals surface area (Å²) in [6, 6.07) is 16.8. The molecule has 0 bridgehead atoms. The molecule has 0 aliphatic rings. The molecule has 0 atom stereocenters. The maximum absolute atomic E-state index is 12.0. The van der Waals surface area contributed by atoms with Crippen molar-refractivity contribution in [1.29, 1.82) is 5.26 Å². The first-order valence-electron chi connectivity index (χ1n) is 7.69. The molecule has 0 spiro atoms. The van der Waals surface area contributed by atoms with Crippen molar-refractivity contribution in [3.63, 3.8) is 0 Å². The van der Waals surface area contributed by atoms with Crippen LogP contribution in [0.4, 0.5) is 5.69 Å². The third kappa shape index (κ3) is 5.98. The van der Waals surface area contributed by atoms with Crippen molar-refractivity contribution in [3.05, 3.63) is 59.7 Å². The normalized spacial score (nSPS) is 9.92. The number of hydrogen-bond donors (Lipinski definition) is 1. The van der Waals surface area contributed by atoms with Gasteiger partial charge in [-0.2, -0.15) is 5.26 Å². The zero-order chi connectivity index (χ0) is 18.1. The summed E-state index contributed by atoms with van der Waals surface area (Å²) in [6.07, 6.45) is 0.133. The third-order valence-corrected chi connectivity index (χ3v) is 4.35. The van der Waals surface area contributed by atoms with Gasteiger partial charge in [0.2, 0.25) is 0 Å². The molecule has 0 aromatic heterocycles. The van der Waals surface area contributed by atoms with E-state index in [2.05, 4.69) is 5.32 Å². The maximum Gasteiger partial charge on any atom is 0.310 e. The number of esters is 1. The Bertz CT molecular complexity index is 799. The summed E-state index contributed by atoms with van der Waals surface area (Å²) in [7, 11) is 0. The van der Waals surface area contributed by atoms with E-state index >= 15 is 0 Å². The summed E-state index contributed by atoms with van der Waals surface area (Å²) >= 11 is 1.33. The molecule has 0 heterocycles. The molecular formula is C19H18N2O3S. The molecule has 2 aromatic carbocycles. The number of para-hydroxylation sites is 1.